The zero-order valence-electron chi connectivity index (χ0n) is 21.3. The van der Waals surface area contributed by atoms with Crippen LogP contribution in [0.2, 0.25) is 0 Å². The number of hydrogen-bond acceptors (Lipinski definition) is 4. The van der Waals surface area contributed by atoms with Gasteiger partial charge in [-0.1, -0.05) is 76.9 Å². The van der Waals surface area contributed by atoms with E-state index in [1.165, 1.54) is 11.1 Å². The Bertz CT molecular complexity index is 889. The van der Waals surface area contributed by atoms with E-state index in [0.717, 1.165) is 61.5 Å². The van der Waals surface area contributed by atoms with Crippen molar-refractivity contribution in [2.24, 2.45) is 0 Å². The summed E-state index contributed by atoms with van der Waals surface area (Å²) in [5, 5.41) is 22.0. The molecule has 3 rings (SSSR count). The number of nitrogens with zero attached hydrogens (tertiary/aromatic N) is 2. The van der Waals surface area contributed by atoms with Crippen LogP contribution >= 0.6 is 0 Å². The molecule has 0 spiro atoms. The molecule has 1 heterocycles. The van der Waals surface area contributed by atoms with Gasteiger partial charge < -0.3 is 10.2 Å². The SMILES string of the molecule is Cc1cc(CN2CCCN(Cc3cc(C)cc(C(C)(C)C)c3O)C2)c(O)c(C(C)(C)C)c1. The molecule has 4 nitrogen and oxygen atoms in total. The topological polar surface area (TPSA) is 46.9 Å². The fourth-order valence-corrected chi connectivity index (χ4v) is 4.77. The molecule has 1 aliphatic heterocycles. The summed E-state index contributed by atoms with van der Waals surface area (Å²) in [4.78, 5) is 4.81. The van der Waals surface area contributed by atoms with Gasteiger partial charge in [0.1, 0.15) is 11.5 Å². The summed E-state index contributed by atoms with van der Waals surface area (Å²) < 4.78 is 0. The van der Waals surface area contributed by atoms with E-state index in [2.05, 4.69) is 89.5 Å². The summed E-state index contributed by atoms with van der Waals surface area (Å²) in [7, 11) is 0. The number of rotatable bonds is 4. The molecular formula is C28H42N2O2. The third kappa shape index (κ3) is 5.65. The molecule has 0 aliphatic carbocycles. The highest BCUT2D eigenvalue weighted by atomic mass is 16.3. The van der Waals surface area contributed by atoms with Crippen LogP contribution in [-0.2, 0) is 23.9 Å². The Kier molecular flexibility index (Phi) is 6.97. The number of hydrogen-bond donors (Lipinski definition) is 2. The molecule has 2 aromatic carbocycles. The van der Waals surface area contributed by atoms with Gasteiger partial charge in [0, 0.05) is 37.3 Å². The van der Waals surface area contributed by atoms with E-state index in [4.69, 9.17) is 0 Å². The van der Waals surface area contributed by atoms with E-state index in [0.29, 0.717) is 11.5 Å². The summed E-state index contributed by atoms with van der Waals surface area (Å²) in [5.41, 5.74) is 6.24. The lowest BCUT2D eigenvalue weighted by atomic mass is 9.84. The van der Waals surface area contributed by atoms with Crippen LogP contribution in [0, 0.1) is 13.8 Å². The normalized spacial score (nSPS) is 16.5. The molecule has 1 saturated heterocycles. The number of phenols is 2. The second kappa shape index (κ2) is 9.07. The first-order chi connectivity index (χ1) is 14.8. The number of aryl methyl sites for hydroxylation is 2. The molecule has 2 aromatic rings. The van der Waals surface area contributed by atoms with Gasteiger partial charge in [-0.2, -0.15) is 0 Å². The average molecular weight is 439 g/mol. The molecule has 1 aliphatic rings. The molecule has 0 saturated carbocycles. The monoisotopic (exact) mass is 438 g/mol. The second-order valence-electron chi connectivity index (χ2n) is 11.7. The predicted molar refractivity (Wildman–Crippen MR) is 133 cm³/mol. The maximum absolute atomic E-state index is 11.0. The fraction of sp³-hybridized carbons (Fsp3) is 0.571. The second-order valence-corrected chi connectivity index (χ2v) is 11.7. The summed E-state index contributed by atoms with van der Waals surface area (Å²) in [6, 6.07) is 8.44. The Balaban J connectivity index is 1.78. The van der Waals surface area contributed by atoms with E-state index in [9.17, 15) is 10.2 Å². The summed E-state index contributed by atoms with van der Waals surface area (Å²) in [5.74, 6) is 0.873. The molecule has 32 heavy (non-hydrogen) atoms. The van der Waals surface area contributed by atoms with Crippen LogP contribution in [0.15, 0.2) is 24.3 Å². The Labute approximate surface area is 194 Å². The van der Waals surface area contributed by atoms with Crippen LogP contribution in [-0.4, -0.2) is 39.8 Å². The van der Waals surface area contributed by atoms with Crippen molar-refractivity contribution in [1.82, 2.24) is 9.80 Å². The highest BCUT2D eigenvalue weighted by Gasteiger charge is 2.25. The molecule has 1 fully saturated rings. The van der Waals surface area contributed by atoms with E-state index in [-0.39, 0.29) is 10.8 Å². The minimum Gasteiger partial charge on any atom is -0.507 e. The van der Waals surface area contributed by atoms with Gasteiger partial charge in [-0.05, 0) is 42.2 Å². The molecule has 0 bridgehead atoms. The maximum atomic E-state index is 11.0. The molecule has 2 N–H and O–H groups in total. The van der Waals surface area contributed by atoms with Gasteiger partial charge in [0.2, 0.25) is 0 Å². The van der Waals surface area contributed by atoms with Crippen molar-refractivity contribution in [2.75, 3.05) is 19.8 Å². The summed E-state index contributed by atoms with van der Waals surface area (Å²) in [6.45, 7) is 21.4. The smallest absolute Gasteiger partial charge is 0.123 e. The lowest BCUT2D eigenvalue weighted by Crippen LogP contribution is -2.43. The van der Waals surface area contributed by atoms with Crippen molar-refractivity contribution >= 4 is 0 Å². The van der Waals surface area contributed by atoms with Crippen molar-refractivity contribution in [3.05, 3.63) is 57.6 Å². The maximum Gasteiger partial charge on any atom is 0.123 e. The zero-order chi connectivity index (χ0) is 23.8. The van der Waals surface area contributed by atoms with Gasteiger partial charge in [0.05, 0.1) is 6.67 Å². The van der Waals surface area contributed by atoms with Crippen LogP contribution in [0.1, 0.15) is 81.3 Å². The Morgan fingerprint density at radius 1 is 0.688 bits per heavy atom. The van der Waals surface area contributed by atoms with Crippen molar-refractivity contribution < 1.29 is 10.2 Å². The van der Waals surface area contributed by atoms with Gasteiger partial charge in [-0.15, -0.1) is 0 Å². The quantitative estimate of drug-likeness (QED) is 0.617. The van der Waals surface area contributed by atoms with E-state index in [1.807, 2.05) is 0 Å². The predicted octanol–water partition coefficient (Wildman–Crippen LogP) is 5.98. The zero-order valence-corrected chi connectivity index (χ0v) is 21.3. The number of aromatic hydroxyl groups is 2. The average Bonchev–Trinajstić information content (AvgIpc) is 2.65. The van der Waals surface area contributed by atoms with Crippen molar-refractivity contribution in [3.63, 3.8) is 0 Å². The standard InChI is InChI=1S/C28H42N2O2/c1-19-12-21(25(31)23(14-19)27(3,4)5)16-29-10-9-11-30(18-29)17-22-13-20(2)15-24(26(22)32)28(6,7)8/h12-15,31-32H,9-11,16-18H2,1-8H3. The van der Waals surface area contributed by atoms with Gasteiger partial charge in [-0.3, -0.25) is 9.80 Å². The van der Waals surface area contributed by atoms with E-state index in [1.54, 1.807) is 0 Å². The van der Waals surface area contributed by atoms with Gasteiger partial charge in [0.15, 0.2) is 0 Å². The molecule has 4 heteroatoms. The molecular weight excluding hydrogens is 396 g/mol. The third-order valence-corrected chi connectivity index (χ3v) is 6.42. The Hall–Kier alpha value is -2.04. The minimum absolute atomic E-state index is 0.0910. The van der Waals surface area contributed by atoms with Crippen LogP contribution in [0.5, 0.6) is 11.5 Å². The minimum atomic E-state index is -0.0910. The molecule has 0 amide bonds. The first kappa shape index (κ1) is 24.6. The fourth-order valence-electron chi connectivity index (χ4n) is 4.77. The van der Waals surface area contributed by atoms with Gasteiger partial charge in [-0.25, -0.2) is 0 Å². The Morgan fingerprint density at radius 3 is 1.41 bits per heavy atom. The van der Waals surface area contributed by atoms with Gasteiger partial charge >= 0.3 is 0 Å². The molecule has 0 aromatic heterocycles. The van der Waals surface area contributed by atoms with Crippen LogP contribution in [0.4, 0.5) is 0 Å². The molecule has 0 unspecified atom stereocenters. The van der Waals surface area contributed by atoms with Crippen LogP contribution < -0.4 is 0 Å². The first-order valence-corrected chi connectivity index (χ1v) is 11.9. The van der Waals surface area contributed by atoms with Crippen molar-refractivity contribution in [3.8, 4) is 11.5 Å². The number of benzene rings is 2. The molecule has 0 radical (unpaired) electrons. The van der Waals surface area contributed by atoms with Crippen molar-refractivity contribution in [1.29, 1.82) is 0 Å². The summed E-state index contributed by atoms with van der Waals surface area (Å²) in [6.07, 6.45) is 1.08. The Morgan fingerprint density at radius 2 is 1.06 bits per heavy atom. The van der Waals surface area contributed by atoms with E-state index < -0.39 is 0 Å². The first-order valence-electron chi connectivity index (χ1n) is 11.9. The largest absolute Gasteiger partial charge is 0.507 e. The van der Waals surface area contributed by atoms with E-state index >= 15 is 0 Å². The van der Waals surface area contributed by atoms with Gasteiger partial charge in [0.25, 0.3) is 0 Å². The lowest BCUT2D eigenvalue weighted by Gasteiger charge is -2.36. The molecule has 176 valence electrons. The van der Waals surface area contributed by atoms with Crippen molar-refractivity contribution in [2.45, 2.75) is 85.7 Å². The van der Waals surface area contributed by atoms with Crippen LogP contribution in [0.3, 0.4) is 0 Å². The third-order valence-electron chi connectivity index (χ3n) is 6.42. The number of phenolic OH excluding ortho intramolecular Hbond substituents is 2. The molecule has 0 atom stereocenters. The highest BCUT2D eigenvalue weighted by molar-refractivity contribution is 5.47. The lowest BCUT2D eigenvalue weighted by molar-refractivity contribution is 0.0733. The highest BCUT2D eigenvalue weighted by Crippen LogP contribution is 2.36. The van der Waals surface area contributed by atoms with Crippen LogP contribution in [0.25, 0.3) is 0 Å². The summed E-state index contributed by atoms with van der Waals surface area (Å²) >= 11 is 0.